The molecule has 4 nitrogen and oxygen atoms in total. The van der Waals surface area contributed by atoms with Crippen molar-refractivity contribution in [3.05, 3.63) is 35.4 Å². The van der Waals surface area contributed by atoms with Crippen molar-refractivity contribution in [1.82, 2.24) is 10.2 Å². The molecule has 0 aliphatic carbocycles. The van der Waals surface area contributed by atoms with Gasteiger partial charge in [-0.2, -0.15) is 0 Å². The lowest BCUT2D eigenvalue weighted by molar-refractivity contribution is -0.131. The van der Waals surface area contributed by atoms with E-state index in [9.17, 15) is 4.79 Å². The summed E-state index contributed by atoms with van der Waals surface area (Å²) < 4.78 is 5.49. The fourth-order valence-corrected chi connectivity index (χ4v) is 3.35. The van der Waals surface area contributed by atoms with Gasteiger partial charge < -0.3 is 9.64 Å². The van der Waals surface area contributed by atoms with Crippen LogP contribution in [-0.2, 0) is 16.0 Å². The minimum atomic E-state index is -0.000920. The monoisotopic (exact) mass is 288 g/mol. The van der Waals surface area contributed by atoms with E-state index >= 15 is 0 Å². The molecule has 1 aromatic rings. The van der Waals surface area contributed by atoms with E-state index in [2.05, 4.69) is 43.4 Å². The largest absolute Gasteiger partial charge is 0.381 e. The molecule has 3 unspecified atom stereocenters. The van der Waals surface area contributed by atoms with Crippen molar-refractivity contribution in [3.8, 4) is 0 Å². The summed E-state index contributed by atoms with van der Waals surface area (Å²) in [5.41, 5.74) is 2.50. The number of amides is 1. The molecule has 2 saturated heterocycles. The van der Waals surface area contributed by atoms with E-state index in [0.717, 1.165) is 26.1 Å². The van der Waals surface area contributed by atoms with Crippen LogP contribution in [0.1, 0.15) is 37.6 Å². The maximum atomic E-state index is 12.3. The second-order valence-corrected chi connectivity index (χ2v) is 6.04. The van der Waals surface area contributed by atoms with Gasteiger partial charge in [0.05, 0.1) is 13.2 Å². The first-order valence-corrected chi connectivity index (χ1v) is 7.92. The maximum absolute atomic E-state index is 12.3. The van der Waals surface area contributed by atoms with Crippen molar-refractivity contribution < 1.29 is 9.53 Å². The third-order valence-electron chi connectivity index (χ3n) is 4.80. The highest BCUT2D eigenvalue weighted by Crippen LogP contribution is 2.30. The van der Waals surface area contributed by atoms with Crippen LogP contribution in [0.25, 0.3) is 0 Å². The van der Waals surface area contributed by atoms with Gasteiger partial charge in [-0.15, -0.1) is 0 Å². The van der Waals surface area contributed by atoms with Crippen LogP contribution in [0, 0.1) is 5.92 Å². The van der Waals surface area contributed by atoms with Crippen molar-refractivity contribution in [1.29, 1.82) is 0 Å². The van der Waals surface area contributed by atoms with Gasteiger partial charge in [0.15, 0.2) is 0 Å². The quantitative estimate of drug-likeness (QED) is 0.922. The summed E-state index contributed by atoms with van der Waals surface area (Å²) in [5.74, 6) is 0.644. The average Bonchev–Trinajstić information content (AvgIpc) is 3.16. The van der Waals surface area contributed by atoms with E-state index < -0.39 is 0 Å². The van der Waals surface area contributed by atoms with Crippen molar-refractivity contribution in [2.24, 2.45) is 5.92 Å². The van der Waals surface area contributed by atoms with Gasteiger partial charge in [-0.05, 0) is 30.9 Å². The SMILES string of the molecule is CCc1ccc(C2NCC(=O)N2C(C)C2CCOC2)cc1. The highest BCUT2D eigenvalue weighted by Gasteiger charge is 2.38. The highest BCUT2D eigenvalue weighted by atomic mass is 16.5. The fraction of sp³-hybridized carbons (Fsp3) is 0.588. The minimum Gasteiger partial charge on any atom is -0.381 e. The van der Waals surface area contributed by atoms with Gasteiger partial charge in [-0.25, -0.2) is 0 Å². The predicted octanol–water partition coefficient (Wildman–Crippen LogP) is 2.10. The molecule has 2 aliphatic rings. The molecule has 2 fully saturated rings. The van der Waals surface area contributed by atoms with Crippen molar-refractivity contribution >= 4 is 5.91 Å². The van der Waals surface area contributed by atoms with E-state index in [1.165, 1.54) is 11.1 Å². The molecular formula is C17H24N2O2. The molecule has 1 aromatic carbocycles. The van der Waals surface area contributed by atoms with Gasteiger partial charge in [-0.3, -0.25) is 10.1 Å². The van der Waals surface area contributed by atoms with Gasteiger partial charge in [0, 0.05) is 18.6 Å². The second-order valence-electron chi connectivity index (χ2n) is 6.04. The lowest BCUT2D eigenvalue weighted by Gasteiger charge is -2.33. The first-order valence-electron chi connectivity index (χ1n) is 7.92. The van der Waals surface area contributed by atoms with E-state index in [1.807, 2.05) is 4.90 Å². The molecule has 2 aliphatic heterocycles. The van der Waals surface area contributed by atoms with Crippen LogP contribution in [0.3, 0.4) is 0 Å². The van der Waals surface area contributed by atoms with Crippen LogP contribution in [-0.4, -0.2) is 36.6 Å². The Morgan fingerprint density at radius 2 is 2.14 bits per heavy atom. The number of aryl methyl sites for hydroxylation is 1. The summed E-state index contributed by atoms with van der Waals surface area (Å²) in [5, 5.41) is 3.35. The normalized spacial score (nSPS) is 27.3. The molecule has 0 aromatic heterocycles. The molecule has 0 saturated carbocycles. The van der Waals surface area contributed by atoms with E-state index in [-0.39, 0.29) is 18.1 Å². The molecule has 1 N–H and O–H groups in total. The van der Waals surface area contributed by atoms with E-state index in [4.69, 9.17) is 4.74 Å². The lowest BCUT2D eigenvalue weighted by atomic mass is 9.97. The molecule has 3 atom stereocenters. The highest BCUT2D eigenvalue weighted by molar-refractivity contribution is 5.81. The number of hydrogen-bond acceptors (Lipinski definition) is 3. The third kappa shape index (κ3) is 2.83. The summed E-state index contributed by atoms with van der Waals surface area (Å²) in [4.78, 5) is 14.3. The molecule has 114 valence electrons. The van der Waals surface area contributed by atoms with Crippen molar-refractivity contribution in [3.63, 3.8) is 0 Å². The van der Waals surface area contributed by atoms with Crippen LogP contribution in [0.15, 0.2) is 24.3 Å². The van der Waals surface area contributed by atoms with Crippen LogP contribution in [0.4, 0.5) is 0 Å². The zero-order valence-corrected chi connectivity index (χ0v) is 12.8. The lowest BCUT2D eigenvalue weighted by Crippen LogP contribution is -2.42. The smallest absolute Gasteiger partial charge is 0.238 e. The Labute approximate surface area is 126 Å². The minimum absolute atomic E-state index is 0.000920. The molecule has 0 bridgehead atoms. The molecule has 21 heavy (non-hydrogen) atoms. The Morgan fingerprint density at radius 3 is 2.76 bits per heavy atom. The summed E-state index contributed by atoms with van der Waals surface area (Å²) in [7, 11) is 0. The van der Waals surface area contributed by atoms with E-state index in [0.29, 0.717) is 12.5 Å². The standard InChI is InChI=1S/C17H24N2O2/c1-3-13-4-6-14(7-5-13)17-18-10-16(20)19(17)12(2)15-8-9-21-11-15/h4-7,12,15,17-18H,3,8-11H2,1-2H3. The number of hydrogen-bond donors (Lipinski definition) is 1. The maximum Gasteiger partial charge on any atom is 0.238 e. The molecule has 1 amide bonds. The van der Waals surface area contributed by atoms with Crippen LogP contribution >= 0.6 is 0 Å². The molecular weight excluding hydrogens is 264 g/mol. The second kappa shape index (κ2) is 6.16. The number of benzene rings is 1. The summed E-state index contributed by atoms with van der Waals surface area (Å²) in [6.45, 7) is 6.32. The Bertz CT molecular complexity index is 494. The number of ether oxygens (including phenoxy) is 1. The fourth-order valence-electron chi connectivity index (χ4n) is 3.35. The number of nitrogens with zero attached hydrogens (tertiary/aromatic N) is 1. The summed E-state index contributed by atoms with van der Waals surface area (Å²) in [6.07, 6.45) is 2.09. The molecule has 0 spiro atoms. The first-order chi connectivity index (χ1) is 10.2. The Kier molecular flexibility index (Phi) is 4.27. The Morgan fingerprint density at radius 1 is 1.38 bits per heavy atom. The third-order valence-corrected chi connectivity index (χ3v) is 4.80. The van der Waals surface area contributed by atoms with Crippen LogP contribution < -0.4 is 5.32 Å². The average molecular weight is 288 g/mol. The molecule has 2 heterocycles. The summed E-state index contributed by atoms with van der Waals surface area (Å²) >= 11 is 0. The van der Waals surface area contributed by atoms with Crippen LogP contribution in [0.5, 0.6) is 0 Å². The van der Waals surface area contributed by atoms with Gasteiger partial charge in [0.2, 0.25) is 5.91 Å². The molecule has 4 heteroatoms. The number of carbonyl (C=O) groups excluding carboxylic acids is 1. The van der Waals surface area contributed by atoms with Crippen molar-refractivity contribution in [2.45, 2.75) is 38.9 Å². The number of rotatable bonds is 4. The Hall–Kier alpha value is -1.39. The first kappa shape index (κ1) is 14.5. The van der Waals surface area contributed by atoms with Gasteiger partial charge in [0.25, 0.3) is 0 Å². The van der Waals surface area contributed by atoms with Gasteiger partial charge in [0.1, 0.15) is 6.17 Å². The zero-order valence-electron chi connectivity index (χ0n) is 12.8. The van der Waals surface area contributed by atoms with Gasteiger partial charge >= 0.3 is 0 Å². The zero-order chi connectivity index (χ0) is 14.8. The molecule has 3 rings (SSSR count). The summed E-state index contributed by atoms with van der Waals surface area (Å²) in [6, 6.07) is 8.80. The van der Waals surface area contributed by atoms with E-state index in [1.54, 1.807) is 0 Å². The predicted molar refractivity (Wildman–Crippen MR) is 81.8 cm³/mol. The number of nitrogens with one attached hydrogen (secondary N) is 1. The Balaban J connectivity index is 1.80. The van der Waals surface area contributed by atoms with Gasteiger partial charge in [-0.1, -0.05) is 31.2 Å². The van der Waals surface area contributed by atoms with Crippen LogP contribution in [0.2, 0.25) is 0 Å². The topological polar surface area (TPSA) is 41.6 Å². The molecule has 0 radical (unpaired) electrons. The van der Waals surface area contributed by atoms with Crippen molar-refractivity contribution in [2.75, 3.05) is 19.8 Å². The number of carbonyl (C=O) groups is 1.